The smallest absolute Gasteiger partial charge is 0.225 e. The summed E-state index contributed by atoms with van der Waals surface area (Å²) in [6.07, 6.45) is 2.40. The summed E-state index contributed by atoms with van der Waals surface area (Å²) in [6, 6.07) is 4.00. The zero-order valence-corrected chi connectivity index (χ0v) is 11.3. The van der Waals surface area contributed by atoms with Crippen LogP contribution in [0, 0.1) is 11.6 Å². The number of nitrogens with one attached hydrogen (secondary N) is 2. The summed E-state index contributed by atoms with van der Waals surface area (Å²) in [5.41, 5.74) is 0.870. The molecule has 0 amide bonds. The molecule has 0 spiro atoms. The lowest BCUT2D eigenvalue weighted by molar-refractivity contribution is 0.511. The van der Waals surface area contributed by atoms with Crippen molar-refractivity contribution in [2.45, 2.75) is 13.3 Å². The predicted octanol–water partition coefficient (Wildman–Crippen LogP) is 3.12. The van der Waals surface area contributed by atoms with E-state index in [1.54, 1.807) is 0 Å². The maximum Gasteiger partial charge on any atom is 0.225 e. The number of benzene rings is 1. The molecule has 2 aromatic heterocycles. The molecule has 21 heavy (non-hydrogen) atoms. The van der Waals surface area contributed by atoms with Crippen LogP contribution in [-0.2, 0) is 0 Å². The Balaban J connectivity index is 2.20. The van der Waals surface area contributed by atoms with Gasteiger partial charge in [0.15, 0.2) is 17.3 Å². The molecule has 0 bridgehead atoms. The first-order chi connectivity index (χ1) is 10.2. The van der Waals surface area contributed by atoms with Crippen molar-refractivity contribution in [3.63, 3.8) is 0 Å². The van der Waals surface area contributed by atoms with Gasteiger partial charge in [-0.25, -0.2) is 13.8 Å². The van der Waals surface area contributed by atoms with E-state index in [1.807, 2.05) is 6.92 Å². The van der Waals surface area contributed by atoms with Crippen LogP contribution >= 0.6 is 0 Å². The van der Waals surface area contributed by atoms with Gasteiger partial charge in [0.25, 0.3) is 0 Å². The van der Waals surface area contributed by atoms with Crippen LogP contribution in [0.3, 0.4) is 0 Å². The lowest BCUT2D eigenvalue weighted by Crippen LogP contribution is -2.05. The molecule has 3 rings (SSSR count). The lowest BCUT2D eigenvalue weighted by atomic mass is 10.1. The second kappa shape index (κ2) is 5.43. The number of fused-ring (bicyclic) bond motifs is 1. The summed E-state index contributed by atoms with van der Waals surface area (Å²) in [5, 5.41) is 10.2. The fraction of sp³-hybridized carbons (Fsp3) is 0.214. The Morgan fingerprint density at radius 3 is 2.90 bits per heavy atom. The minimum Gasteiger partial charge on any atom is -0.354 e. The number of H-pyrrole nitrogens is 1. The van der Waals surface area contributed by atoms with E-state index >= 15 is 0 Å². The van der Waals surface area contributed by atoms with Gasteiger partial charge in [0.2, 0.25) is 5.95 Å². The monoisotopic (exact) mass is 289 g/mol. The molecule has 0 fully saturated rings. The Morgan fingerprint density at radius 1 is 1.24 bits per heavy atom. The van der Waals surface area contributed by atoms with Gasteiger partial charge in [0.05, 0.1) is 17.3 Å². The Kier molecular flexibility index (Phi) is 3.47. The van der Waals surface area contributed by atoms with Gasteiger partial charge < -0.3 is 5.32 Å². The molecule has 2 heterocycles. The van der Waals surface area contributed by atoms with E-state index in [4.69, 9.17) is 0 Å². The van der Waals surface area contributed by atoms with Gasteiger partial charge in [-0.3, -0.25) is 5.10 Å². The first-order valence-electron chi connectivity index (χ1n) is 6.60. The second-order valence-electron chi connectivity index (χ2n) is 4.56. The van der Waals surface area contributed by atoms with Crippen molar-refractivity contribution in [1.29, 1.82) is 0 Å². The van der Waals surface area contributed by atoms with Crippen LogP contribution in [0.1, 0.15) is 13.3 Å². The van der Waals surface area contributed by atoms with Crippen molar-refractivity contribution in [2.75, 3.05) is 11.9 Å². The van der Waals surface area contributed by atoms with Gasteiger partial charge in [-0.2, -0.15) is 10.1 Å². The summed E-state index contributed by atoms with van der Waals surface area (Å²) in [6.45, 7) is 2.69. The lowest BCUT2D eigenvalue weighted by Gasteiger charge is -2.08. The minimum atomic E-state index is -0.930. The van der Waals surface area contributed by atoms with Crippen LogP contribution in [0.4, 0.5) is 14.7 Å². The molecule has 0 saturated carbocycles. The third kappa shape index (κ3) is 2.42. The van der Waals surface area contributed by atoms with Gasteiger partial charge in [-0.1, -0.05) is 13.0 Å². The van der Waals surface area contributed by atoms with E-state index in [0.717, 1.165) is 12.5 Å². The molecule has 108 valence electrons. The van der Waals surface area contributed by atoms with Crippen molar-refractivity contribution in [3.8, 4) is 11.3 Å². The largest absolute Gasteiger partial charge is 0.354 e. The highest BCUT2D eigenvalue weighted by atomic mass is 19.2. The minimum absolute atomic E-state index is 0.0864. The number of hydrogen-bond acceptors (Lipinski definition) is 4. The molecule has 7 heteroatoms. The SMILES string of the molecule is CCCNc1nc(-c2cccc(F)c2F)c2cn[nH]c2n1. The van der Waals surface area contributed by atoms with Crippen LogP contribution in [0.25, 0.3) is 22.3 Å². The molecule has 3 aromatic rings. The van der Waals surface area contributed by atoms with E-state index in [9.17, 15) is 8.78 Å². The third-order valence-electron chi connectivity index (χ3n) is 3.05. The molecule has 0 radical (unpaired) electrons. The van der Waals surface area contributed by atoms with E-state index < -0.39 is 11.6 Å². The van der Waals surface area contributed by atoms with Crippen molar-refractivity contribution in [2.24, 2.45) is 0 Å². The highest BCUT2D eigenvalue weighted by Gasteiger charge is 2.16. The normalized spacial score (nSPS) is 11.0. The Bertz CT molecular complexity index is 784. The maximum atomic E-state index is 14.0. The van der Waals surface area contributed by atoms with Crippen molar-refractivity contribution in [1.82, 2.24) is 20.2 Å². The van der Waals surface area contributed by atoms with Crippen molar-refractivity contribution in [3.05, 3.63) is 36.0 Å². The molecular formula is C14H13F2N5. The first kappa shape index (κ1) is 13.4. The highest BCUT2D eigenvalue weighted by molar-refractivity contribution is 5.90. The molecule has 0 atom stereocenters. The summed E-state index contributed by atoms with van der Waals surface area (Å²) in [4.78, 5) is 8.55. The molecule has 1 aromatic carbocycles. The maximum absolute atomic E-state index is 14.0. The average Bonchev–Trinajstić information content (AvgIpc) is 2.95. The highest BCUT2D eigenvalue weighted by Crippen LogP contribution is 2.29. The summed E-state index contributed by atoms with van der Waals surface area (Å²) < 4.78 is 27.5. The standard InChI is InChI=1S/C14H13F2N5/c1-2-6-17-14-19-12(9-7-18-21-13(9)20-14)8-4-3-5-10(15)11(8)16/h3-5,7H,2,6H2,1H3,(H2,17,18,19,20,21). The molecule has 0 aliphatic carbocycles. The number of nitrogens with zero attached hydrogens (tertiary/aromatic N) is 3. The van der Waals surface area contributed by atoms with E-state index in [0.29, 0.717) is 29.2 Å². The van der Waals surface area contributed by atoms with Crippen LogP contribution in [0.15, 0.2) is 24.4 Å². The number of aromatic nitrogens is 4. The number of anilines is 1. The van der Waals surface area contributed by atoms with E-state index in [-0.39, 0.29) is 5.56 Å². The fourth-order valence-electron chi connectivity index (χ4n) is 2.04. The Labute approximate surface area is 119 Å². The van der Waals surface area contributed by atoms with E-state index in [2.05, 4.69) is 25.5 Å². The third-order valence-corrected chi connectivity index (χ3v) is 3.05. The van der Waals surface area contributed by atoms with Gasteiger partial charge in [-0.05, 0) is 18.6 Å². The van der Waals surface area contributed by atoms with Gasteiger partial charge >= 0.3 is 0 Å². The second-order valence-corrected chi connectivity index (χ2v) is 4.56. The van der Waals surface area contributed by atoms with Gasteiger partial charge in [0.1, 0.15) is 0 Å². The van der Waals surface area contributed by atoms with E-state index in [1.165, 1.54) is 18.3 Å². The van der Waals surface area contributed by atoms with Gasteiger partial charge in [-0.15, -0.1) is 0 Å². The quantitative estimate of drug-likeness (QED) is 0.774. The molecular weight excluding hydrogens is 276 g/mol. The van der Waals surface area contributed by atoms with Crippen molar-refractivity contribution >= 4 is 17.0 Å². The molecule has 0 unspecified atom stereocenters. The topological polar surface area (TPSA) is 66.5 Å². The summed E-state index contributed by atoms with van der Waals surface area (Å²) in [7, 11) is 0. The zero-order chi connectivity index (χ0) is 14.8. The molecule has 2 N–H and O–H groups in total. The fourth-order valence-corrected chi connectivity index (χ4v) is 2.04. The zero-order valence-electron chi connectivity index (χ0n) is 11.3. The number of aromatic amines is 1. The molecule has 0 aliphatic rings. The van der Waals surface area contributed by atoms with Gasteiger partial charge in [0, 0.05) is 12.1 Å². The number of hydrogen-bond donors (Lipinski definition) is 2. The number of rotatable bonds is 4. The summed E-state index contributed by atoms with van der Waals surface area (Å²) >= 11 is 0. The van der Waals surface area contributed by atoms with Crippen LogP contribution in [-0.4, -0.2) is 26.7 Å². The average molecular weight is 289 g/mol. The summed E-state index contributed by atoms with van der Waals surface area (Å²) in [5.74, 6) is -1.49. The molecule has 5 nitrogen and oxygen atoms in total. The number of halogens is 2. The van der Waals surface area contributed by atoms with Crippen LogP contribution in [0.5, 0.6) is 0 Å². The van der Waals surface area contributed by atoms with Crippen LogP contribution in [0.2, 0.25) is 0 Å². The van der Waals surface area contributed by atoms with Crippen LogP contribution < -0.4 is 5.32 Å². The molecule has 0 aliphatic heterocycles. The Morgan fingerprint density at radius 2 is 2.10 bits per heavy atom. The Hall–Kier alpha value is -2.57. The first-order valence-corrected chi connectivity index (χ1v) is 6.60. The predicted molar refractivity (Wildman–Crippen MR) is 75.8 cm³/mol. The molecule has 0 saturated heterocycles. The van der Waals surface area contributed by atoms with Crippen molar-refractivity contribution < 1.29 is 8.78 Å².